The number of aromatic nitrogens is 3. The molecular weight excluding hydrogens is 360 g/mol. The zero-order valence-corrected chi connectivity index (χ0v) is 16.4. The van der Waals surface area contributed by atoms with Gasteiger partial charge in [-0.25, -0.2) is 4.98 Å². The quantitative estimate of drug-likeness (QED) is 0.630. The number of carbonyl (C=O) groups is 1. The van der Waals surface area contributed by atoms with Gasteiger partial charge in [0.2, 0.25) is 11.1 Å². The molecule has 0 bridgehead atoms. The number of thioether (sulfide) groups is 1. The summed E-state index contributed by atoms with van der Waals surface area (Å²) in [6.07, 6.45) is 0. The van der Waals surface area contributed by atoms with Crippen LogP contribution in [0.25, 0.3) is 11.4 Å². The molecule has 0 spiro atoms. The Morgan fingerprint density at radius 2 is 1.89 bits per heavy atom. The van der Waals surface area contributed by atoms with Gasteiger partial charge in [0.15, 0.2) is 5.82 Å². The van der Waals surface area contributed by atoms with Crippen LogP contribution in [0.3, 0.4) is 0 Å². The number of H-pyrrole nitrogens is 1. The highest BCUT2D eigenvalue weighted by Gasteiger charge is 2.18. The molecule has 0 aliphatic heterocycles. The molecule has 1 aromatic heterocycles. The van der Waals surface area contributed by atoms with Crippen LogP contribution in [0.5, 0.6) is 5.75 Å². The molecule has 1 amide bonds. The van der Waals surface area contributed by atoms with Crippen molar-refractivity contribution in [3.8, 4) is 17.1 Å². The van der Waals surface area contributed by atoms with Crippen molar-refractivity contribution >= 4 is 17.7 Å². The summed E-state index contributed by atoms with van der Waals surface area (Å²) >= 11 is 1.32. The molecule has 0 fully saturated rings. The first kappa shape index (κ1) is 19.0. The number of carbonyl (C=O) groups excluding carboxylic acids is 1. The van der Waals surface area contributed by atoms with E-state index in [4.69, 9.17) is 4.74 Å². The normalized spacial score (nSPS) is 11.8. The second-order valence-electron chi connectivity index (χ2n) is 6.08. The maximum absolute atomic E-state index is 12.5. The van der Waals surface area contributed by atoms with E-state index in [1.165, 1.54) is 11.8 Å². The minimum absolute atomic E-state index is 0.0151. The van der Waals surface area contributed by atoms with Crippen LogP contribution in [-0.4, -0.2) is 45.9 Å². The predicted octanol–water partition coefficient (Wildman–Crippen LogP) is 3.79. The molecule has 0 radical (unpaired) electrons. The highest BCUT2D eigenvalue weighted by molar-refractivity contribution is 7.99. The van der Waals surface area contributed by atoms with Crippen LogP contribution in [0.15, 0.2) is 59.8 Å². The average molecular weight is 382 g/mol. The van der Waals surface area contributed by atoms with Crippen molar-refractivity contribution in [1.29, 1.82) is 0 Å². The largest absolute Gasteiger partial charge is 0.497 e. The fourth-order valence-corrected chi connectivity index (χ4v) is 3.31. The number of amides is 1. The number of nitrogens with one attached hydrogen (secondary N) is 1. The van der Waals surface area contributed by atoms with Crippen LogP contribution < -0.4 is 4.74 Å². The van der Waals surface area contributed by atoms with Gasteiger partial charge in [-0.15, -0.1) is 5.10 Å². The van der Waals surface area contributed by atoms with Gasteiger partial charge in [0.25, 0.3) is 0 Å². The number of hydrogen-bond donors (Lipinski definition) is 1. The van der Waals surface area contributed by atoms with Crippen molar-refractivity contribution < 1.29 is 9.53 Å². The predicted molar refractivity (Wildman–Crippen MR) is 107 cm³/mol. The van der Waals surface area contributed by atoms with E-state index in [0.29, 0.717) is 11.0 Å². The van der Waals surface area contributed by atoms with Gasteiger partial charge in [0.1, 0.15) is 5.75 Å². The highest BCUT2D eigenvalue weighted by Crippen LogP contribution is 2.23. The summed E-state index contributed by atoms with van der Waals surface area (Å²) in [6, 6.07) is 17.6. The molecule has 6 nitrogen and oxygen atoms in total. The Morgan fingerprint density at radius 1 is 1.19 bits per heavy atom. The minimum Gasteiger partial charge on any atom is -0.497 e. The maximum atomic E-state index is 12.5. The van der Waals surface area contributed by atoms with Crippen LogP contribution in [0, 0.1) is 0 Å². The summed E-state index contributed by atoms with van der Waals surface area (Å²) < 4.78 is 5.16. The summed E-state index contributed by atoms with van der Waals surface area (Å²) in [4.78, 5) is 18.7. The Hall–Kier alpha value is -2.80. The van der Waals surface area contributed by atoms with Crippen molar-refractivity contribution in [2.24, 2.45) is 0 Å². The third kappa shape index (κ3) is 4.68. The van der Waals surface area contributed by atoms with Crippen LogP contribution in [0.4, 0.5) is 0 Å². The van der Waals surface area contributed by atoms with Crippen LogP contribution >= 0.6 is 11.8 Å². The zero-order valence-electron chi connectivity index (χ0n) is 15.5. The molecule has 140 valence electrons. The molecule has 2 aromatic carbocycles. The molecule has 0 aliphatic carbocycles. The summed E-state index contributed by atoms with van der Waals surface area (Å²) in [6.45, 7) is 2.02. The van der Waals surface area contributed by atoms with Gasteiger partial charge in [-0.1, -0.05) is 42.1 Å². The van der Waals surface area contributed by atoms with Gasteiger partial charge in [0.05, 0.1) is 18.9 Å². The molecule has 3 aromatic rings. The standard InChI is InChI=1S/C20H22N4O2S/c1-14(15-7-5-4-6-8-15)24(2)18(25)13-27-20-21-19(22-23-20)16-9-11-17(26-3)12-10-16/h4-12,14H,13H2,1-3H3,(H,21,22,23)/t14-/m1/s1. The van der Waals surface area contributed by atoms with E-state index in [0.717, 1.165) is 16.9 Å². The van der Waals surface area contributed by atoms with Gasteiger partial charge in [-0.05, 0) is 36.8 Å². The van der Waals surface area contributed by atoms with Gasteiger partial charge >= 0.3 is 0 Å². The number of rotatable bonds is 7. The van der Waals surface area contributed by atoms with Crippen LogP contribution in [0.1, 0.15) is 18.5 Å². The van der Waals surface area contributed by atoms with Crippen molar-refractivity contribution in [2.45, 2.75) is 18.1 Å². The molecule has 1 N–H and O–H groups in total. The first-order valence-electron chi connectivity index (χ1n) is 8.58. The SMILES string of the molecule is COc1ccc(-c2nc(SCC(=O)N(C)[C@H](C)c3ccccc3)n[nH]2)cc1. The fraction of sp³-hybridized carbons (Fsp3) is 0.250. The molecule has 7 heteroatoms. The third-order valence-corrected chi connectivity index (χ3v) is 5.24. The molecular formula is C20H22N4O2S. The smallest absolute Gasteiger partial charge is 0.233 e. The second-order valence-corrected chi connectivity index (χ2v) is 7.02. The molecule has 1 atom stereocenters. The van der Waals surface area contributed by atoms with Gasteiger partial charge < -0.3 is 9.64 Å². The molecule has 0 unspecified atom stereocenters. The lowest BCUT2D eigenvalue weighted by Gasteiger charge is -2.25. The highest BCUT2D eigenvalue weighted by atomic mass is 32.2. The zero-order chi connectivity index (χ0) is 19.2. The number of aromatic amines is 1. The summed E-state index contributed by atoms with van der Waals surface area (Å²) in [5.41, 5.74) is 2.02. The topological polar surface area (TPSA) is 71.1 Å². The van der Waals surface area contributed by atoms with E-state index in [9.17, 15) is 4.79 Å². The maximum Gasteiger partial charge on any atom is 0.233 e. The van der Waals surface area contributed by atoms with Gasteiger partial charge in [-0.2, -0.15) is 0 Å². The Bertz CT molecular complexity index is 881. The van der Waals surface area contributed by atoms with E-state index in [1.54, 1.807) is 12.0 Å². The third-order valence-electron chi connectivity index (χ3n) is 4.41. The fourth-order valence-electron chi connectivity index (χ4n) is 2.59. The van der Waals surface area contributed by atoms with Crippen molar-refractivity contribution in [2.75, 3.05) is 19.9 Å². The lowest BCUT2D eigenvalue weighted by Crippen LogP contribution is -2.31. The number of hydrogen-bond acceptors (Lipinski definition) is 5. The van der Waals surface area contributed by atoms with E-state index in [-0.39, 0.29) is 17.7 Å². The van der Waals surface area contributed by atoms with Gasteiger partial charge in [0, 0.05) is 12.6 Å². The molecule has 3 rings (SSSR count). The first-order valence-corrected chi connectivity index (χ1v) is 9.57. The van der Waals surface area contributed by atoms with E-state index in [2.05, 4.69) is 15.2 Å². The molecule has 0 aliphatic rings. The van der Waals surface area contributed by atoms with E-state index < -0.39 is 0 Å². The number of methoxy groups -OCH3 is 1. The lowest BCUT2D eigenvalue weighted by atomic mass is 10.1. The molecule has 1 heterocycles. The Morgan fingerprint density at radius 3 is 2.56 bits per heavy atom. The minimum atomic E-state index is 0.0151. The average Bonchev–Trinajstić information content (AvgIpc) is 3.20. The number of nitrogens with zero attached hydrogens (tertiary/aromatic N) is 3. The van der Waals surface area contributed by atoms with Crippen molar-refractivity contribution in [3.63, 3.8) is 0 Å². The summed E-state index contributed by atoms with van der Waals surface area (Å²) in [7, 11) is 3.45. The Kier molecular flexibility index (Phi) is 6.13. The van der Waals surface area contributed by atoms with Gasteiger partial charge in [-0.3, -0.25) is 9.89 Å². The monoisotopic (exact) mass is 382 g/mol. The van der Waals surface area contributed by atoms with Crippen LogP contribution in [0.2, 0.25) is 0 Å². The summed E-state index contributed by atoms with van der Waals surface area (Å²) in [5.74, 6) is 1.77. The van der Waals surface area contributed by atoms with Crippen LogP contribution in [-0.2, 0) is 4.79 Å². The van der Waals surface area contributed by atoms with Crippen molar-refractivity contribution in [3.05, 3.63) is 60.2 Å². The van der Waals surface area contributed by atoms with Crippen molar-refractivity contribution in [1.82, 2.24) is 20.1 Å². The molecule has 0 saturated heterocycles. The first-order chi connectivity index (χ1) is 13.1. The summed E-state index contributed by atoms with van der Waals surface area (Å²) in [5, 5.41) is 7.66. The number of benzene rings is 2. The molecule has 27 heavy (non-hydrogen) atoms. The number of ether oxygens (including phenoxy) is 1. The Balaban J connectivity index is 1.58. The van der Waals surface area contributed by atoms with E-state index in [1.807, 2.05) is 68.6 Å². The second kappa shape index (κ2) is 8.73. The van der Waals surface area contributed by atoms with E-state index >= 15 is 0 Å². The lowest BCUT2D eigenvalue weighted by molar-refractivity contribution is -0.128. The Labute approximate surface area is 163 Å². The molecule has 0 saturated carbocycles.